The van der Waals surface area contributed by atoms with Gasteiger partial charge in [-0.3, -0.25) is 9.78 Å². The zero-order valence-corrected chi connectivity index (χ0v) is 21.4. The van der Waals surface area contributed by atoms with Crippen LogP contribution >= 0.6 is 0 Å². The predicted molar refractivity (Wildman–Crippen MR) is 136 cm³/mol. The topological polar surface area (TPSA) is 57.7 Å². The van der Waals surface area contributed by atoms with Crippen molar-refractivity contribution in [3.8, 4) is 17.0 Å². The Kier molecular flexibility index (Phi) is 12.1. The van der Waals surface area contributed by atoms with Crippen LogP contribution in [0.4, 0.5) is 8.78 Å². The van der Waals surface area contributed by atoms with E-state index in [-0.39, 0.29) is 18.3 Å². The Labute approximate surface area is 213 Å². The van der Waals surface area contributed by atoms with E-state index in [1.54, 1.807) is 6.92 Å². The lowest BCUT2D eigenvalue weighted by molar-refractivity contribution is -0.143. The number of rotatable bonds is 14. The van der Waals surface area contributed by atoms with E-state index in [1.165, 1.54) is 12.5 Å². The van der Waals surface area contributed by atoms with Crippen molar-refractivity contribution < 1.29 is 27.8 Å². The number of pyridine rings is 1. The third-order valence-electron chi connectivity index (χ3n) is 6.59. The molecule has 0 spiro atoms. The van der Waals surface area contributed by atoms with Crippen molar-refractivity contribution in [2.75, 3.05) is 26.4 Å². The van der Waals surface area contributed by atoms with Gasteiger partial charge in [0.2, 0.25) is 5.82 Å². The molecule has 7 heteroatoms. The van der Waals surface area contributed by atoms with Crippen LogP contribution in [0.1, 0.15) is 76.8 Å². The van der Waals surface area contributed by atoms with Gasteiger partial charge >= 0.3 is 5.97 Å². The summed E-state index contributed by atoms with van der Waals surface area (Å²) in [6, 6.07) is 8.37. The van der Waals surface area contributed by atoms with Crippen LogP contribution in [0.3, 0.4) is 0 Å². The third-order valence-corrected chi connectivity index (χ3v) is 6.59. The van der Waals surface area contributed by atoms with Crippen LogP contribution in [0, 0.1) is 17.6 Å². The molecule has 0 aliphatic carbocycles. The van der Waals surface area contributed by atoms with E-state index in [1.807, 2.05) is 18.2 Å². The van der Waals surface area contributed by atoms with Gasteiger partial charge in [-0.15, -0.1) is 0 Å². The first-order valence-corrected chi connectivity index (χ1v) is 13.4. The maximum Gasteiger partial charge on any atom is 0.305 e. The molecule has 36 heavy (non-hydrogen) atoms. The molecule has 2 heterocycles. The largest absolute Gasteiger partial charge is 0.490 e. The van der Waals surface area contributed by atoms with Gasteiger partial charge in [0.25, 0.3) is 0 Å². The van der Waals surface area contributed by atoms with E-state index in [0.717, 1.165) is 76.3 Å². The Morgan fingerprint density at radius 3 is 2.75 bits per heavy atom. The zero-order valence-electron chi connectivity index (χ0n) is 21.4. The molecule has 0 saturated carbocycles. The van der Waals surface area contributed by atoms with E-state index in [0.29, 0.717) is 36.6 Å². The lowest BCUT2D eigenvalue weighted by Gasteiger charge is -2.15. The second-order valence-electron chi connectivity index (χ2n) is 9.37. The van der Waals surface area contributed by atoms with Crippen LogP contribution in [0.15, 0.2) is 30.3 Å². The highest BCUT2D eigenvalue weighted by atomic mass is 19.2. The second-order valence-corrected chi connectivity index (χ2v) is 9.37. The molecule has 1 aromatic carbocycles. The van der Waals surface area contributed by atoms with Gasteiger partial charge in [-0.05, 0) is 82.1 Å². The lowest BCUT2D eigenvalue weighted by atomic mass is 9.94. The average molecular weight is 504 g/mol. The minimum atomic E-state index is -0.979. The number of aromatic nitrogens is 1. The first-order chi connectivity index (χ1) is 17.6. The number of hydrogen-bond acceptors (Lipinski definition) is 5. The number of hydrogen-bond donors (Lipinski definition) is 0. The lowest BCUT2D eigenvalue weighted by Crippen LogP contribution is -2.05. The molecule has 2 aromatic rings. The number of carbonyl (C=O) groups excluding carboxylic acids is 1. The molecule has 1 aromatic heterocycles. The van der Waals surface area contributed by atoms with Crippen molar-refractivity contribution in [1.29, 1.82) is 0 Å². The summed E-state index contributed by atoms with van der Waals surface area (Å²) in [4.78, 5) is 16.1. The fourth-order valence-corrected chi connectivity index (χ4v) is 4.56. The minimum Gasteiger partial charge on any atom is -0.490 e. The Morgan fingerprint density at radius 1 is 1.06 bits per heavy atom. The van der Waals surface area contributed by atoms with Gasteiger partial charge in [-0.1, -0.05) is 25.3 Å². The van der Waals surface area contributed by atoms with Crippen LogP contribution in [-0.4, -0.2) is 37.4 Å². The highest BCUT2D eigenvalue weighted by Crippen LogP contribution is 2.33. The summed E-state index contributed by atoms with van der Waals surface area (Å²) in [5.74, 6) is -1.52. The smallest absolute Gasteiger partial charge is 0.305 e. The Bertz CT molecular complexity index is 945. The second kappa shape index (κ2) is 15.5. The van der Waals surface area contributed by atoms with Gasteiger partial charge in [-0.25, -0.2) is 4.39 Å². The Hall–Kier alpha value is -2.54. The third kappa shape index (κ3) is 9.16. The fourth-order valence-electron chi connectivity index (χ4n) is 4.56. The molecular weight excluding hydrogens is 464 g/mol. The van der Waals surface area contributed by atoms with Gasteiger partial charge in [-0.2, -0.15) is 4.39 Å². The molecule has 1 aliphatic rings. The van der Waals surface area contributed by atoms with Crippen LogP contribution in [-0.2, 0) is 20.7 Å². The normalized spacial score (nSPS) is 15.9. The molecular formula is C29H39F2NO4. The van der Waals surface area contributed by atoms with Gasteiger partial charge in [0, 0.05) is 30.9 Å². The summed E-state index contributed by atoms with van der Waals surface area (Å²) < 4.78 is 45.0. The monoisotopic (exact) mass is 503 g/mol. The molecule has 1 aliphatic heterocycles. The Morgan fingerprint density at radius 2 is 1.89 bits per heavy atom. The number of unbranched alkanes of at least 4 members (excludes halogenated alkanes) is 4. The molecule has 1 fully saturated rings. The molecule has 0 N–H and O–H groups in total. The number of halogens is 2. The molecule has 1 unspecified atom stereocenters. The number of carbonyl (C=O) groups is 1. The Balaban J connectivity index is 1.53. The molecule has 3 rings (SSSR count). The first kappa shape index (κ1) is 28.0. The predicted octanol–water partition coefficient (Wildman–Crippen LogP) is 7.06. The number of esters is 1. The standard InChI is InChI=1S/C29H39F2NO4/c1-2-35-27(33)13-6-4-3-5-7-20-36-29-24(16-17-25(30)28(29)31)26-12-8-11-23(32-26)15-14-22-10-9-19-34-21-18-22/h8,11-12,16-17,22H,2-7,9-10,13-15,18-21H2,1H3. The van der Waals surface area contributed by atoms with Crippen molar-refractivity contribution in [1.82, 2.24) is 4.98 Å². The van der Waals surface area contributed by atoms with Gasteiger partial charge in [0.15, 0.2) is 11.6 Å². The SMILES string of the molecule is CCOC(=O)CCCCCCCOc1c(-c2cccc(CCC3CCCOCC3)n2)ccc(F)c1F. The van der Waals surface area contributed by atoms with E-state index >= 15 is 0 Å². The highest BCUT2D eigenvalue weighted by molar-refractivity contribution is 5.69. The van der Waals surface area contributed by atoms with Crippen LogP contribution in [0.5, 0.6) is 5.75 Å². The maximum atomic E-state index is 14.7. The summed E-state index contributed by atoms with van der Waals surface area (Å²) in [7, 11) is 0. The van der Waals surface area contributed by atoms with Crippen molar-refractivity contribution in [3.05, 3.63) is 47.7 Å². The van der Waals surface area contributed by atoms with Crippen molar-refractivity contribution in [2.45, 2.75) is 77.6 Å². The molecule has 1 saturated heterocycles. The van der Waals surface area contributed by atoms with E-state index in [4.69, 9.17) is 19.2 Å². The number of nitrogens with zero attached hydrogens (tertiary/aromatic N) is 1. The summed E-state index contributed by atoms with van der Waals surface area (Å²) in [6.07, 6.45) is 9.92. The molecule has 198 valence electrons. The van der Waals surface area contributed by atoms with E-state index in [9.17, 15) is 13.6 Å². The van der Waals surface area contributed by atoms with Crippen LogP contribution in [0.25, 0.3) is 11.3 Å². The summed E-state index contributed by atoms with van der Waals surface area (Å²) in [6.45, 7) is 4.16. The number of benzene rings is 1. The van der Waals surface area contributed by atoms with E-state index < -0.39 is 11.6 Å². The zero-order chi connectivity index (χ0) is 25.6. The minimum absolute atomic E-state index is 0.0807. The molecule has 5 nitrogen and oxygen atoms in total. The van der Waals surface area contributed by atoms with Crippen LogP contribution in [0.2, 0.25) is 0 Å². The van der Waals surface area contributed by atoms with Crippen molar-refractivity contribution in [2.24, 2.45) is 5.92 Å². The molecule has 1 atom stereocenters. The number of ether oxygens (including phenoxy) is 3. The molecule has 0 amide bonds. The van der Waals surface area contributed by atoms with Crippen molar-refractivity contribution in [3.63, 3.8) is 0 Å². The van der Waals surface area contributed by atoms with Crippen molar-refractivity contribution >= 4 is 5.97 Å². The summed E-state index contributed by atoms with van der Waals surface area (Å²) in [5, 5.41) is 0. The average Bonchev–Trinajstić information content (AvgIpc) is 3.16. The van der Waals surface area contributed by atoms with Gasteiger partial charge in [0.05, 0.1) is 18.9 Å². The number of aryl methyl sites for hydroxylation is 1. The molecule has 0 bridgehead atoms. The molecule has 0 radical (unpaired) electrons. The summed E-state index contributed by atoms with van der Waals surface area (Å²) in [5.41, 5.74) is 1.99. The maximum absolute atomic E-state index is 14.7. The van der Waals surface area contributed by atoms with Gasteiger partial charge < -0.3 is 14.2 Å². The first-order valence-electron chi connectivity index (χ1n) is 13.4. The van der Waals surface area contributed by atoms with E-state index in [2.05, 4.69) is 0 Å². The quantitative estimate of drug-likeness (QED) is 0.204. The summed E-state index contributed by atoms with van der Waals surface area (Å²) >= 11 is 0. The highest BCUT2D eigenvalue weighted by Gasteiger charge is 2.18. The van der Waals surface area contributed by atoms with Crippen LogP contribution < -0.4 is 4.74 Å². The van der Waals surface area contributed by atoms with Gasteiger partial charge in [0.1, 0.15) is 0 Å². The fraction of sp³-hybridized carbons (Fsp3) is 0.586.